The standard InChI is InChI=1S/C11H22N2O/c1-2-12-10-4-3-5-11(10)13-6-8-14-9-7-13/h10-12H,2-9H2,1H3. The van der Waals surface area contributed by atoms with Crippen LogP contribution in [-0.4, -0.2) is 49.8 Å². The van der Waals surface area contributed by atoms with Crippen LogP contribution in [0.4, 0.5) is 0 Å². The van der Waals surface area contributed by atoms with Crippen LogP contribution in [0.25, 0.3) is 0 Å². The van der Waals surface area contributed by atoms with Crippen molar-refractivity contribution in [3.8, 4) is 0 Å². The van der Waals surface area contributed by atoms with E-state index in [-0.39, 0.29) is 0 Å². The third-order valence-electron chi connectivity index (χ3n) is 3.46. The molecule has 1 aliphatic carbocycles. The first-order valence-corrected chi connectivity index (χ1v) is 5.97. The minimum absolute atomic E-state index is 0.734. The summed E-state index contributed by atoms with van der Waals surface area (Å²) in [7, 11) is 0. The summed E-state index contributed by atoms with van der Waals surface area (Å²) in [6.07, 6.45) is 4.12. The van der Waals surface area contributed by atoms with Crippen molar-refractivity contribution in [1.29, 1.82) is 0 Å². The largest absolute Gasteiger partial charge is 0.379 e. The molecule has 0 aromatic heterocycles. The van der Waals surface area contributed by atoms with Crippen LogP contribution in [0.2, 0.25) is 0 Å². The molecule has 1 N–H and O–H groups in total. The van der Waals surface area contributed by atoms with Gasteiger partial charge in [-0.25, -0.2) is 0 Å². The molecule has 2 atom stereocenters. The number of ether oxygens (including phenoxy) is 1. The Kier molecular flexibility index (Phi) is 3.79. The topological polar surface area (TPSA) is 24.5 Å². The fourth-order valence-corrected chi connectivity index (χ4v) is 2.79. The summed E-state index contributed by atoms with van der Waals surface area (Å²) in [4.78, 5) is 2.61. The lowest BCUT2D eigenvalue weighted by Crippen LogP contribution is -2.50. The molecule has 1 saturated heterocycles. The van der Waals surface area contributed by atoms with Crippen molar-refractivity contribution in [2.75, 3.05) is 32.8 Å². The fourth-order valence-electron chi connectivity index (χ4n) is 2.79. The summed E-state index contributed by atoms with van der Waals surface area (Å²) in [5.74, 6) is 0. The van der Waals surface area contributed by atoms with Crippen LogP contribution in [0.5, 0.6) is 0 Å². The quantitative estimate of drug-likeness (QED) is 0.727. The average Bonchev–Trinajstić information content (AvgIpc) is 2.68. The van der Waals surface area contributed by atoms with E-state index in [0.29, 0.717) is 0 Å². The van der Waals surface area contributed by atoms with E-state index in [1.54, 1.807) is 0 Å². The van der Waals surface area contributed by atoms with Crippen molar-refractivity contribution in [2.45, 2.75) is 38.3 Å². The van der Waals surface area contributed by atoms with Crippen molar-refractivity contribution in [3.63, 3.8) is 0 Å². The highest BCUT2D eigenvalue weighted by atomic mass is 16.5. The molecule has 2 rings (SSSR count). The maximum atomic E-state index is 5.39. The molecular weight excluding hydrogens is 176 g/mol. The third-order valence-corrected chi connectivity index (χ3v) is 3.46. The predicted molar refractivity (Wildman–Crippen MR) is 57.5 cm³/mol. The van der Waals surface area contributed by atoms with Gasteiger partial charge in [-0.15, -0.1) is 0 Å². The monoisotopic (exact) mass is 198 g/mol. The van der Waals surface area contributed by atoms with Crippen LogP contribution in [0.3, 0.4) is 0 Å². The van der Waals surface area contributed by atoms with Gasteiger partial charge in [0.1, 0.15) is 0 Å². The molecule has 0 aromatic carbocycles. The summed E-state index contributed by atoms with van der Waals surface area (Å²) < 4.78 is 5.39. The molecule has 2 unspecified atom stereocenters. The maximum absolute atomic E-state index is 5.39. The van der Waals surface area contributed by atoms with E-state index in [1.807, 2.05) is 0 Å². The molecule has 2 fully saturated rings. The second-order valence-electron chi connectivity index (χ2n) is 4.31. The van der Waals surface area contributed by atoms with Gasteiger partial charge in [0.25, 0.3) is 0 Å². The predicted octanol–water partition coefficient (Wildman–Crippen LogP) is 0.849. The zero-order valence-electron chi connectivity index (χ0n) is 9.17. The molecule has 0 aromatic rings. The Morgan fingerprint density at radius 3 is 2.79 bits per heavy atom. The highest BCUT2D eigenvalue weighted by Crippen LogP contribution is 2.24. The summed E-state index contributed by atoms with van der Waals surface area (Å²) in [5.41, 5.74) is 0. The number of rotatable bonds is 3. The number of hydrogen-bond donors (Lipinski definition) is 1. The van der Waals surface area contributed by atoms with Gasteiger partial charge in [0.2, 0.25) is 0 Å². The first-order chi connectivity index (χ1) is 6.92. The molecule has 0 spiro atoms. The van der Waals surface area contributed by atoms with Crippen molar-refractivity contribution >= 4 is 0 Å². The van der Waals surface area contributed by atoms with E-state index in [1.165, 1.54) is 19.3 Å². The third kappa shape index (κ3) is 2.27. The Labute approximate surface area is 86.8 Å². The Morgan fingerprint density at radius 1 is 1.29 bits per heavy atom. The molecule has 1 aliphatic heterocycles. The fraction of sp³-hybridized carbons (Fsp3) is 1.00. The van der Waals surface area contributed by atoms with Crippen LogP contribution in [0, 0.1) is 0 Å². The van der Waals surface area contributed by atoms with Crippen molar-refractivity contribution in [1.82, 2.24) is 10.2 Å². The summed E-state index contributed by atoms with van der Waals surface area (Å²) in [5, 5.41) is 3.61. The lowest BCUT2D eigenvalue weighted by molar-refractivity contribution is 0.0126. The second-order valence-corrected chi connectivity index (χ2v) is 4.31. The van der Waals surface area contributed by atoms with Gasteiger partial charge >= 0.3 is 0 Å². The van der Waals surface area contributed by atoms with E-state index in [4.69, 9.17) is 4.74 Å². The first-order valence-electron chi connectivity index (χ1n) is 5.97. The van der Waals surface area contributed by atoms with Gasteiger partial charge in [-0.2, -0.15) is 0 Å². The van der Waals surface area contributed by atoms with E-state index in [9.17, 15) is 0 Å². The highest BCUT2D eigenvalue weighted by molar-refractivity contribution is 4.90. The number of nitrogens with zero attached hydrogens (tertiary/aromatic N) is 1. The van der Waals surface area contributed by atoms with Gasteiger partial charge in [-0.05, 0) is 19.4 Å². The maximum Gasteiger partial charge on any atom is 0.0594 e. The SMILES string of the molecule is CCNC1CCCC1N1CCOCC1. The molecule has 3 nitrogen and oxygen atoms in total. The number of hydrogen-bond acceptors (Lipinski definition) is 3. The molecule has 2 aliphatic rings. The second kappa shape index (κ2) is 5.10. The van der Waals surface area contributed by atoms with E-state index >= 15 is 0 Å². The minimum atomic E-state index is 0.734. The number of nitrogens with one attached hydrogen (secondary N) is 1. The molecular formula is C11H22N2O. The van der Waals surface area contributed by atoms with Crippen LogP contribution >= 0.6 is 0 Å². The minimum Gasteiger partial charge on any atom is -0.379 e. The number of likely N-dealkylation sites (N-methyl/N-ethyl adjacent to an activating group) is 1. The lowest BCUT2D eigenvalue weighted by Gasteiger charge is -2.35. The van der Waals surface area contributed by atoms with Gasteiger partial charge in [0.15, 0.2) is 0 Å². The Bertz CT molecular complexity index is 169. The molecule has 1 heterocycles. The molecule has 0 amide bonds. The molecule has 0 radical (unpaired) electrons. The molecule has 1 saturated carbocycles. The van der Waals surface area contributed by atoms with E-state index in [2.05, 4.69) is 17.1 Å². The smallest absolute Gasteiger partial charge is 0.0594 e. The van der Waals surface area contributed by atoms with Gasteiger partial charge < -0.3 is 10.1 Å². The van der Waals surface area contributed by atoms with Gasteiger partial charge in [0.05, 0.1) is 13.2 Å². The first kappa shape index (κ1) is 10.4. The van der Waals surface area contributed by atoms with Crippen LogP contribution in [0.1, 0.15) is 26.2 Å². The average molecular weight is 198 g/mol. The molecule has 3 heteroatoms. The summed E-state index contributed by atoms with van der Waals surface area (Å²) in [6, 6.07) is 1.51. The van der Waals surface area contributed by atoms with Crippen molar-refractivity contribution < 1.29 is 4.74 Å². The Morgan fingerprint density at radius 2 is 2.07 bits per heavy atom. The summed E-state index contributed by atoms with van der Waals surface area (Å²) in [6.45, 7) is 7.42. The van der Waals surface area contributed by atoms with Crippen LogP contribution in [0.15, 0.2) is 0 Å². The zero-order valence-corrected chi connectivity index (χ0v) is 9.17. The molecule has 82 valence electrons. The van der Waals surface area contributed by atoms with Crippen LogP contribution < -0.4 is 5.32 Å². The molecule has 14 heavy (non-hydrogen) atoms. The van der Waals surface area contributed by atoms with Crippen LogP contribution in [-0.2, 0) is 4.74 Å². The zero-order chi connectivity index (χ0) is 9.80. The molecule has 0 bridgehead atoms. The van der Waals surface area contributed by atoms with E-state index < -0.39 is 0 Å². The van der Waals surface area contributed by atoms with Gasteiger partial charge in [-0.3, -0.25) is 4.90 Å². The van der Waals surface area contributed by atoms with Gasteiger partial charge in [-0.1, -0.05) is 13.3 Å². The lowest BCUT2D eigenvalue weighted by atomic mass is 10.1. The number of morpholine rings is 1. The van der Waals surface area contributed by atoms with E-state index in [0.717, 1.165) is 44.9 Å². The van der Waals surface area contributed by atoms with Gasteiger partial charge in [0, 0.05) is 25.2 Å². The van der Waals surface area contributed by atoms with Crippen molar-refractivity contribution in [3.05, 3.63) is 0 Å². The Balaban J connectivity index is 1.87. The van der Waals surface area contributed by atoms with Crippen molar-refractivity contribution in [2.24, 2.45) is 0 Å². The Hall–Kier alpha value is -0.120. The highest BCUT2D eigenvalue weighted by Gasteiger charge is 2.31. The normalized spacial score (nSPS) is 34.9. The summed E-state index contributed by atoms with van der Waals surface area (Å²) >= 11 is 0.